The van der Waals surface area contributed by atoms with E-state index >= 15 is 0 Å². The lowest BCUT2D eigenvalue weighted by atomic mass is 9.95. The van der Waals surface area contributed by atoms with Crippen molar-refractivity contribution < 1.29 is 14.3 Å². The number of benzene rings is 2. The molecule has 0 spiro atoms. The van der Waals surface area contributed by atoms with Gasteiger partial charge in [0.15, 0.2) is 0 Å². The van der Waals surface area contributed by atoms with Crippen LogP contribution in [0.3, 0.4) is 0 Å². The smallest absolute Gasteiger partial charge is 0.242 e. The van der Waals surface area contributed by atoms with Crippen molar-refractivity contribution in [3.8, 4) is 5.75 Å². The highest BCUT2D eigenvalue weighted by Gasteiger charge is 2.28. The van der Waals surface area contributed by atoms with Gasteiger partial charge in [0.1, 0.15) is 11.8 Å². The predicted octanol–water partition coefficient (Wildman–Crippen LogP) is 2.56. The van der Waals surface area contributed by atoms with E-state index in [4.69, 9.17) is 4.74 Å². The standard InChI is InChI=1S/C24H31N3O3/c1-16(2)12-21(23(28)26-15-19-10-6-7-11-22(19)30-3)27-24(29)20-13-17-8-4-5-9-18(17)14-25-20/h4-11,16,20-21,25H,12-15H2,1-3H3,(H,26,28)(H,27,29). The van der Waals surface area contributed by atoms with Gasteiger partial charge in [-0.3, -0.25) is 9.59 Å². The molecule has 1 aliphatic rings. The first-order chi connectivity index (χ1) is 14.5. The lowest BCUT2D eigenvalue weighted by Gasteiger charge is -2.28. The minimum absolute atomic E-state index is 0.136. The number of amides is 2. The molecule has 2 atom stereocenters. The van der Waals surface area contributed by atoms with Crippen molar-refractivity contribution in [1.29, 1.82) is 0 Å². The SMILES string of the molecule is COc1ccccc1CNC(=O)C(CC(C)C)NC(=O)C1Cc2ccccc2CN1. The van der Waals surface area contributed by atoms with Gasteiger partial charge in [-0.2, -0.15) is 0 Å². The van der Waals surface area contributed by atoms with Crippen LogP contribution in [0.5, 0.6) is 5.75 Å². The van der Waals surface area contributed by atoms with Gasteiger partial charge < -0.3 is 20.7 Å². The average Bonchev–Trinajstić information content (AvgIpc) is 2.76. The second-order valence-electron chi connectivity index (χ2n) is 8.13. The maximum Gasteiger partial charge on any atom is 0.242 e. The minimum Gasteiger partial charge on any atom is -0.496 e. The first-order valence-electron chi connectivity index (χ1n) is 10.5. The third-order valence-corrected chi connectivity index (χ3v) is 5.38. The molecule has 6 nitrogen and oxygen atoms in total. The Balaban J connectivity index is 1.62. The van der Waals surface area contributed by atoms with Gasteiger partial charge >= 0.3 is 0 Å². The fourth-order valence-electron chi connectivity index (χ4n) is 3.77. The third-order valence-electron chi connectivity index (χ3n) is 5.38. The van der Waals surface area contributed by atoms with E-state index in [2.05, 4.69) is 28.1 Å². The molecule has 0 fully saturated rings. The van der Waals surface area contributed by atoms with Gasteiger partial charge in [-0.15, -0.1) is 0 Å². The predicted molar refractivity (Wildman–Crippen MR) is 117 cm³/mol. The maximum absolute atomic E-state index is 12.9. The number of methoxy groups -OCH3 is 1. The van der Waals surface area contributed by atoms with Crippen LogP contribution in [-0.4, -0.2) is 31.0 Å². The Morgan fingerprint density at radius 1 is 1.10 bits per heavy atom. The van der Waals surface area contributed by atoms with Crippen molar-refractivity contribution in [3.63, 3.8) is 0 Å². The molecule has 6 heteroatoms. The normalized spacial score (nSPS) is 16.5. The van der Waals surface area contributed by atoms with Gasteiger partial charge in [0.05, 0.1) is 13.2 Å². The second kappa shape index (κ2) is 10.3. The maximum atomic E-state index is 12.9. The monoisotopic (exact) mass is 409 g/mol. The molecule has 3 N–H and O–H groups in total. The number of carbonyl (C=O) groups is 2. The Morgan fingerprint density at radius 2 is 1.80 bits per heavy atom. The summed E-state index contributed by atoms with van der Waals surface area (Å²) in [6.45, 7) is 5.09. The Kier molecular flexibility index (Phi) is 7.46. The lowest BCUT2D eigenvalue weighted by Crippen LogP contribution is -2.54. The largest absolute Gasteiger partial charge is 0.496 e. The van der Waals surface area contributed by atoms with Crippen LogP contribution >= 0.6 is 0 Å². The molecule has 0 bridgehead atoms. The molecule has 1 heterocycles. The zero-order chi connectivity index (χ0) is 21.5. The molecule has 2 aromatic rings. The van der Waals surface area contributed by atoms with Crippen LogP contribution < -0.4 is 20.7 Å². The summed E-state index contributed by atoms with van der Waals surface area (Å²) in [6.07, 6.45) is 1.20. The molecule has 3 rings (SSSR count). The molecule has 30 heavy (non-hydrogen) atoms. The van der Waals surface area contributed by atoms with Crippen LogP contribution in [0.4, 0.5) is 0 Å². The number of ether oxygens (including phenoxy) is 1. The topological polar surface area (TPSA) is 79.5 Å². The summed E-state index contributed by atoms with van der Waals surface area (Å²) >= 11 is 0. The number of hydrogen-bond acceptors (Lipinski definition) is 4. The quantitative estimate of drug-likeness (QED) is 0.626. The van der Waals surface area contributed by atoms with Crippen LogP contribution in [0.25, 0.3) is 0 Å². The van der Waals surface area contributed by atoms with Crippen LogP contribution in [0.15, 0.2) is 48.5 Å². The van der Waals surface area contributed by atoms with Gasteiger partial charge in [0.2, 0.25) is 11.8 Å². The zero-order valence-electron chi connectivity index (χ0n) is 17.9. The van der Waals surface area contributed by atoms with E-state index in [1.165, 1.54) is 11.1 Å². The Labute approximate surface area is 178 Å². The number of rotatable bonds is 8. The van der Waals surface area contributed by atoms with Crippen LogP contribution in [0.1, 0.15) is 37.0 Å². The average molecular weight is 410 g/mol. The summed E-state index contributed by atoms with van der Waals surface area (Å²) in [5.74, 6) is 0.682. The summed E-state index contributed by atoms with van der Waals surface area (Å²) in [6, 6.07) is 14.8. The van der Waals surface area contributed by atoms with Crippen molar-refractivity contribution in [2.24, 2.45) is 5.92 Å². The third kappa shape index (κ3) is 5.60. The molecule has 0 radical (unpaired) electrons. The highest BCUT2D eigenvalue weighted by Crippen LogP contribution is 2.18. The summed E-state index contributed by atoms with van der Waals surface area (Å²) < 4.78 is 5.35. The van der Waals surface area contributed by atoms with Crippen LogP contribution in [0, 0.1) is 5.92 Å². The number of carbonyl (C=O) groups excluding carboxylic acids is 2. The van der Waals surface area contributed by atoms with Crippen molar-refractivity contribution in [3.05, 3.63) is 65.2 Å². The van der Waals surface area contributed by atoms with Crippen molar-refractivity contribution in [2.45, 2.75) is 51.9 Å². The number of fused-ring (bicyclic) bond motifs is 1. The van der Waals surface area contributed by atoms with E-state index in [1.54, 1.807) is 7.11 Å². The van der Waals surface area contributed by atoms with Gasteiger partial charge in [-0.25, -0.2) is 0 Å². The van der Waals surface area contributed by atoms with Crippen molar-refractivity contribution >= 4 is 11.8 Å². The summed E-state index contributed by atoms with van der Waals surface area (Å²) in [5.41, 5.74) is 3.29. The molecule has 1 aliphatic heterocycles. The molecule has 0 aliphatic carbocycles. The van der Waals surface area contributed by atoms with Crippen molar-refractivity contribution in [1.82, 2.24) is 16.0 Å². The lowest BCUT2D eigenvalue weighted by molar-refractivity contribution is -0.130. The van der Waals surface area contributed by atoms with E-state index in [0.29, 0.717) is 25.9 Å². The molecule has 160 valence electrons. The van der Waals surface area contributed by atoms with E-state index in [9.17, 15) is 9.59 Å². The highest BCUT2D eigenvalue weighted by molar-refractivity contribution is 5.90. The Hall–Kier alpha value is -2.86. The number of para-hydroxylation sites is 1. The second-order valence-corrected chi connectivity index (χ2v) is 8.13. The fourth-order valence-corrected chi connectivity index (χ4v) is 3.77. The van der Waals surface area contributed by atoms with Gasteiger partial charge in [0.25, 0.3) is 0 Å². The minimum atomic E-state index is -0.578. The van der Waals surface area contributed by atoms with E-state index < -0.39 is 6.04 Å². The zero-order valence-corrected chi connectivity index (χ0v) is 17.9. The summed E-state index contributed by atoms with van der Waals surface area (Å²) in [7, 11) is 1.61. The number of hydrogen-bond donors (Lipinski definition) is 3. The molecule has 0 aromatic heterocycles. The number of nitrogens with one attached hydrogen (secondary N) is 3. The fraction of sp³-hybridized carbons (Fsp3) is 0.417. The first kappa shape index (κ1) is 21.8. The highest BCUT2D eigenvalue weighted by atomic mass is 16.5. The van der Waals surface area contributed by atoms with Crippen LogP contribution in [0.2, 0.25) is 0 Å². The molecule has 2 amide bonds. The van der Waals surface area contributed by atoms with Crippen molar-refractivity contribution in [2.75, 3.05) is 7.11 Å². The molecule has 0 saturated carbocycles. The molecule has 2 aromatic carbocycles. The molecular weight excluding hydrogens is 378 g/mol. The van der Waals surface area contributed by atoms with Gasteiger partial charge in [-0.1, -0.05) is 56.3 Å². The summed E-state index contributed by atoms with van der Waals surface area (Å²) in [5, 5.41) is 9.20. The molecular formula is C24H31N3O3. The Morgan fingerprint density at radius 3 is 2.53 bits per heavy atom. The van der Waals surface area contributed by atoms with E-state index in [0.717, 1.165) is 11.3 Å². The Bertz CT molecular complexity index is 882. The molecule has 2 unspecified atom stereocenters. The van der Waals surface area contributed by atoms with Gasteiger partial charge in [0, 0.05) is 18.7 Å². The molecule has 0 saturated heterocycles. The van der Waals surface area contributed by atoms with E-state index in [-0.39, 0.29) is 23.8 Å². The van der Waals surface area contributed by atoms with Crippen LogP contribution in [-0.2, 0) is 29.1 Å². The summed E-state index contributed by atoms with van der Waals surface area (Å²) in [4.78, 5) is 25.8. The van der Waals surface area contributed by atoms with E-state index in [1.807, 2.05) is 50.2 Å². The first-order valence-corrected chi connectivity index (χ1v) is 10.5. The van der Waals surface area contributed by atoms with Gasteiger partial charge in [-0.05, 0) is 36.0 Å².